The molecule has 0 radical (unpaired) electrons. The number of aromatic nitrogens is 1. The molecule has 0 saturated carbocycles. The zero-order chi connectivity index (χ0) is 30.7. The van der Waals surface area contributed by atoms with E-state index in [9.17, 15) is 18.0 Å². The average molecular weight is 621 g/mol. The number of H-pyrrole nitrogens is 1. The standard InChI is InChI=1S/C33H44N6O4S/c34-31(40)22-28-20-27(25-6-2-1-3-7-25)21-29-30(23-35-33(28)29)26-8-12-39(13-9-26)44(42,43)19-18-36-14-16-37(17-15-36)24-32(41)38-10-4-5-11-38/h1-3,6-7,20-21,23,26,35H,4-5,8-19,22,24H2,(H2,34,40). The van der Waals surface area contributed by atoms with Crippen LogP contribution in [-0.2, 0) is 26.0 Å². The van der Waals surface area contributed by atoms with Crippen LogP contribution in [0, 0.1) is 0 Å². The molecule has 0 aliphatic carbocycles. The number of aromatic amines is 1. The van der Waals surface area contributed by atoms with E-state index in [0.29, 0.717) is 26.2 Å². The van der Waals surface area contributed by atoms with Gasteiger partial charge in [-0.25, -0.2) is 12.7 Å². The summed E-state index contributed by atoms with van der Waals surface area (Å²) in [5.41, 5.74) is 10.7. The number of nitrogens with two attached hydrogens (primary N) is 1. The van der Waals surface area contributed by atoms with Crippen molar-refractivity contribution in [2.24, 2.45) is 5.73 Å². The van der Waals surface area contributed by atoms with E-state index in [2.05, 4.69) is 33.0 Å². The minimum Gasteiger partial charge on any atom is -0.369 e. The van der Waals surface area contributed by atoms with Crippen molar-refractivity contribution in [1.29, 1.82) is 0 Å². The highest BCUT2D eigenvalue weighted by atomic mass is 32.2. The topological polar surface area (TPSA) is 123 Å². The quantitative estimate of drug-likeness (QED) is 0.359. The Morgan fingerprint density at radius 2 is 1.55 bits per heavy atom. The van der Waals surface area contributed by atoms with Gasteiger partial charge >= 0.3 is 0 Å². The van der Waals surface area contributed by atoms with Crippen LogP contribution in [0.1, 0.15) is 42.7 Å². The van der Waals surface area contributed by atoms with Crippen LogP contribution in [0.4, 0.5) is 0 Å². The Kier molecular flexibility index (Phi) is 9.37. The number of hydrogen-bond acceptors (Lipinski definition) is 6. The summed E-state index contributed by atoms with van der Waals surface area (Å²) in [5, 5.41) is 1.07. The van der Waals surface area contributed by atoms with Gasteiger partial charge in [0.1, 0.15) is 0 Å². The molecule has 10 nitrogen and oxygen atoms in total. The number of carbonyl (C=O) groups excluding carboxylic acids is 2. The zero-order valence-corrected chi connectivity index (χ0v) is 26.2. The minimum absolute atomic E-state index is 0.119. The lowest BCUT2D eigenvalue weighted by atomic mass is 9.88. The molecule has 3 N–H and O–H groups in total. The van der Waals surface area contributed by atoms with Gasteiger partial charge in [-0.1, -0.05) is 30.3 Å². The number of piperazine rings is 1. The molecule has 2 amide bonds. The molecule has 3 aliphatic rings. The fourth-order valence-electron chi connectivity index (χ4n) is 7.04. The van der Waals surface area contributed by atoms with Gasteiger partial charge in [0.2, 0.25) is 21.8 Å². The monoisotopic (exact) mass is 620 g/mol. The fraction of sp³-hybridized carbons (Fsp3) is 0.515. The van der Waals surface area contributed by atoms with Crippen LogP contribution < -0.4 is 5.73 Å². The predicted molar refractivity (Wildman–Crippen MR) is 173 cm³/mol. The zero-order valence-electron chi connectivity index (χ0n) is 25.4. The van der Waals surface area contributed by atoms with Gasteiger partial charge in [0, 0.05) is 76.0 Å². The van der Waals surface area contributed by atoms with Crippen LogP contribution in [0.3, 0.4) is 0 Å². The van der Waals surface area contributed by atoms with Crippen LogP contribution in [0.25, 0.3) is 22.0 Å². The van der Waals surface area contributed by atoms with Gasteiger partial charge < -0.3 is 15.6 Å². The van der Waals surface area contributed by atoms with Gasteiger partial charge in [0.25, 0.3) is 0 Å². The summed E-state index contributed by atoms with van der Waals surface area (Å²) in [6, 6.07) is 14.3. The molecule has 236 valence electrons. The molecular weight excluding hydrogens is 576 g/mol. The van der Waals surface area contributed by atoms with Gasteiger partial charge in [-0.3, -0.25) is 19.4 Å². The van der Waals surface area contributed by atoms with Gasteiger partial charge in [-0.05, 0) is 66.0 Å². The van der Waals surface area contributed by atoms with Crippen molar-refractivity contribution in [1.82, 2.24) is 24.0 Å². The number of carbonyl (C=O) groups is 2. The Balaban J connectivity index is 1.04. The second-order valence-electron chi connectivity index (χ2n) is 12.5. The molecule has 3 fully saturated rings. The minimum atomic E-state index is -3.37. The summed E-state index contributed by atoms with van der Waals surface area (Å²) in [5.74, 6) is 0.186. The van der Waals surface area contributed by atoms with E-state index in [1.54, 1.807) is 4.31 Å². The molecule has 0 spiro atoms. The Hall–Kier alpha value is -3.25. The fourth-order valence-corrected chi connectivity index (χ4v) is 8.55. The van der Waals surface area contributed by atoms with Gasteiger partial charge in [0.05, 0.1) is 18.7 Å². The first-order valence-corrected chi connectivity index (χ1v) is 17.6. The van der Waals surface area contributed by atoms with Gasteiger partial charge in [0.15, 0.2) is 0 Å². The van der Waals surface area contributed by atoms with Crippen molar-refractivity contribution in [3.05, 3.63) is 59.8 Å². The van der Waals surface area contributed by atoms with Crippen LogP contribution >= 0.6 is 0 Å². The lowest BCUT2D eigenvalue weighted by Gasteiger charge is -2.36. The smallest absolute Gasteiger partial charge is 0.236 e. The summed E-state index contributed by atoms with van der Waals surface area (Å²) in [7, 11) is -3.37. The van der Waals surface area contributed by atoms with Crippen molar-refractivity contribution >= 4 is 32.7 Å². The summed E-state index contributed by atoms with van der Waals surface area (Å²) >= 11 is 0. The molecule has 2 aromatic carbocycles. The van der Waals surface area contributed by atoms with E-state index in [-0.39, 0.29) is 29.9 Å². The maximum atomic E-state index is 13.3. The molecule has 3 saturated heterocycles. The maximum Gasteiger partial charge on any atom is 0.236 e. The SMILES string of the molecule is NC(=O)Cc1cc(-c2ccccc2)cc2c(C3CCN(S(=O)(=O)CCN4CCN(CC(=O)N5CCCC5)CC4)CC3)c[nH]c12. The predicted octanol–water partition coefficient (Wildman–Crippen LogP) is 2.61. The third kappa shape index (κ3) is 7.01. The number of likely N-dealkylation sites (tertiary alicyclic amines) is 1. The molecule has 4 heterocycles. The van der Waals surface area contributed by atoms with Gasteiger partial charge in [-0.15, -0.1) is 0 Å². The molecule has 0 unspecified atom stereocenters. The number of primary amides is 1. The van der Waals surface area contributed by atoms with E-state index < -0.39 is 10.0 Å². The highest BCUT2D eigenvalue weighted by Crippen LogP contribution is 2.37. The number of benzene rings is 2. The Bertz CT molecular complexity index is 1570. The van der Waals surface area contributed by atoms with Crippen LogP contribution in [-0.4, -0.2) is 115 Å². The molecule has 0 bridgehead atoms. The number of nitrogens with one attached hydrogen (secondary N) is 1. The number of fused-ring (bicyclic) bond motifs is 1. The molecule has 3 aromatic rings. The Labute approximate surface area is 260 Å². The second kappa shape index (κ2) is 13.4. The molecule has 0 atom stereocenters. The Morgan fingerprint density at radius 3 is 2.23 bits per heavy atom. The normalized spacial score (nSPS) is 19.6. The molecular formula is C33H44N6O4S. The first-order chi connectivity index (χ1) is 21.3. The number of amides is 2. The number of hydrogen-bond donors (Lipinski definition) is 2. The summed E-state index contributed by atoms with van der Waals surface area (Å²) in [6.45, 7) is 6.90. The summed E-state index contributed by atoms with van der Waals surface area (Å²) in [6.07, 6.45) is 5.87. The molecule has 6 rings (SSSR count). The van der Waals surface area contributed by atoms with Crippen molar-refractivity contribution in [3.63, 3.8) is 0 Å². The van der Waals surface area contributed by atoms with Crippen molar-refractivity contribution in [2.75, 3.05) is 71.2 Å². The van der Waals surface area contributed by atoms with Crippen LogP contribution in [0.2, 0.25) is 0 Å². The van der Waals surface area contributed by atoms with E-state index in [4.69, 9.17) is 5.73 Å². The second-order valence-corrected chi connectivity index (χ2v) is 14.6. The average Bonchev–Trinajstić information content (AvgIpc) is 3.72. The number of sulfonamides is 1. The molecule has 1 aromatic heterocycles. The third-order valence-electron chi connectivity index (χ3n) is 9.61. The molecule has 11 heteroatoms. The number of rotatable bonds is 10. The first-order valence-electron chi connectivity index (χ1n) is 15.9. The van der Waals surface area contributed by atoms with Crippen LogP contribution in [0.5, 0.6) is 0 Å². The van der Waals surface area contributed by atoms with Crippen molar-refractivity contribution in [2.45, 2.75) is 38.0 Å². The largest absolute Gasteiger partial charge is 0.369 e. The molecule has 44 heavy (non-hydrogen) atoms. The van der Waals surface area contributed by atoms with Crippen molar-refractivity contribution < 1.29 is 18.0 Å². The summed E-state index contributed by atoms with van der Waals surface area (Å²) < 4.78 is 28.3. The Morgan fingerprint density at radius 1 is 0.864 bits per heavy atom. The number of piperidine rings is 1. The first kappa shape index (κ1) is 30.8. The highest BCUT2D eigenvalue weighted by molar-refractivity contribution is 7.89. The third-order valence-corrected chi connectivity index (χ3v) is 11.5. The van der Waals surface area contributed by atoms with Crippen LogP contribution in [0.15, 0.2) is 48.7 Å². The molecule has 3 aliphatic heterocycles. The highest BCUT2D eigenvalue weighted by Gasteiger charge is 2.31. The van der Waals surface area contributed by atoms with E-state index in [1.165, 1.54) is 5.56 Å². The summed E-state index contributed by atoms with van der Waals surface area (Å²) in [4.78, 5) is 34.1. The lowest BCUT2D eigenvalue weighted by molar-refractivity contribution is -0.131. The number of nitrogens with zero attached hydrogens (tertiary/aromatic N) is 4. The van der Waals surface area contributed by atoms with Crippen molar-refractivity contribution in [3.8, 4) is 11.1 Å². The lowest BCUT2D eigenvalue weighted by Crippen LogP contribution is -2.51. The maximum absolute atomic E-state index is 13.3. The van der Waals surface area contributed by atoms with E-state index in [0.717, 1.165) is 92.5 Å². The van der Waals surface area contributed by atoms with E-state index in [1.807, 2.05) is 35.4 Å². The van der Waals surface area contributed by atoms with E-state index >= 15 is 0 Å². The van der Waals surface area contributed by atoms with Gasteiger partial charge in [-0.2, -0.15) is 0 Å².